The zero-order valence-electron chi connectivity index (χ0n) is 14.0. The second kappa shape index (κ2) is 6.25. The summed E-state index contributed by atoms with van der Waals surface area (Å²) in [5.74, 6) is 0. The Kier molecular flexibility index (Phi) is 3.95. The maximum absolute atomic E-state index is 12.0. The minimum atomic E-state index is 0.0362. The quantitative estimate of drug-likeness (QED) is 0.800. The highest BCUT2D eigenvalue weighted by atomic mass is 16.1. The second-order valence-corrected chi connectivity index (χ2v) is 6.63. The van der Waals surface area contributed by atoms with Gasteiger partial charge in [-0.2, -0.15) is 0 Å². The first-order valence-corrected chi connectivity index (χ1v) is 8.67. The number of benzene rings is 2. The summed E-state index contributed by atoms with van der Waals surface area (Å²) in [6.45, 7) is 5.01. The number of aryl methyl sites for hydroxylation is 1. The van der Waals surface area contributed by atoms with Gasteiger partial charge in [0, 0.05) is 30.7 Å². The van der Waals surface area contributed by atoms with Crippen LogP contribution in [0.25, 0.3) is 10.9 Å². The Balaban J connectivity index is 1.58. The van der Waals surface area contributed by atoms with E-state index in [9.17, 15) is 4.79 Å². The first-order chi connectivity index (χ1) is 11.7. The number of hydrogen-bond donors (Lipinski definition) is 1. The van der Waals surface area contributed by atoms with Gasteiger partial charge in [0.1, 0.15) is 0 Å². The van der Waals surface area contributed by atoms with Crippen molar-refractivity contribution in [3.63, 3.8) is 0 Å². The van der Waals surface area contributed by atoms with Crippen molar-refractivity contribution < 1.29 is 0 Å². The minimum Gasteiger partial charge on any atom is -0.322 e. The van der Waals surface area contributed by atoms with E-state index in [-0.39, 0.29) is 5.56 Å². The van der Waals surface area contributed by atoms with Crippen LogP contribution in [0.2, 0.25) is 0 Å². The van der Waals surface area contributed by atoms with Crippen LogP contribution in [0.5, 0.6) is 0 Å². The van der Waals surface area contributed by atoms with Crippen LogP contribution in [-0.2, 0) is 25.9 Å². The summed E-state index contributed by atoms with van der Waals surface area (Å²) in [5, 5.41) is 1.11. The molecule has 0 saturated carbocycles. The number of aromatic amines is 1. The Labute approximate surface area is 141 Å². The fourth-order valence-electron chi connectivity index (χ4n) is 3.60. The number of hydrogen-bond acceptors (Lipinski definition) is 2. The molecule has 1 aliphatic rings. The van der Waals surface area contributed by atoms with Crippen LogP contribution in [0.15, 0.2) is 53.3 Å². The summed E-state index contributed by atoms with van der Waals surface area (Å²) >= 11 is 0. The molecule has 1 aromatic heterocycles. The lowest BCUT2D eigenvalue weighted by atomic mass is 9.99. The fourth-order valence-corrected chi connectivity index (χ4v) is 3.60. The van der Waals surface area contributed by atoms with Gasteiger partial charge in [0.2, 0.25) is 0 Å². The molecule has 0 saturated heterocycles. The molecule has 3 aromatic rings. The maximum atomic E-state index is 12.0. The molecule has 0 bridgehead atoms. The zero-order valence-corrected chi connectivity index (χ0v) is 14.0. The van der Waals surface area contributed by atoms with Crippen molar-refractivity contribution in [2.75, 3.05) is 6.54 Å². The largest absolute Gasteiger partial charge is 0.322 e. The molecule has 24 heavy (non-hydrogen) atoms. The van der Waals surface area contributed by atoms with Crippen molar-refractivity contribution >= 4 is 10.9 Å². The summed E-state index contributed by atoms with van der Waals surface area (Å²) < 4.78 is 0. The molecule has 0 amide bonds. The summed E-state index contributed by atoms with van der Waals surface area (Å²) in [7, 11) is 0. The van der Waals surface area contributed by atoms with E-state index < -0.39 is 0 Å². The number of nitrogens with zero attached hydrogens (tertiary/aromatic N) is 1. The topological polar surface area (TPSA) is 36.1 Å². The Morgan fingerprint density at radius 2 is 1.92 bits per heavy atom. The van der Waals surface area contributed by atoms with Crippen LogP contribution in [0.1, 0.15) is 29.2 Å². The lowest BCUT2D eigenvalue weighted by molar-refractivity contribution is 0.245. The third-order valence-electron chi connectivity index (χ3n) is 4.98. The number of H-pyrrole nitrogens is 1. The molecule has 2 heterocycles. The molecule has 4 rings (SSSR count). The number of nitrogens with one attached hydrogen (secondary N) is 1. The van der Waals surface area contributed by atoms with Crippen molar-refractivity contribution in [3.8, 4) is 0 Å². The summed E-state index contributed by atoms with van der Waals surface area (Å²) in [6, 6.07) is 17.1. The van der Waals surface area contributed by atoms with Gasteiger partial charge >= 0.3 is 0 Å². The monoisotopic (exact) mass is 318 g/mol. The van der Waals surface area contributed by atoms with Gasteiger partial charge in [0.05, 0.1) is 0 Å². The molecule has 0 unspecified atom stereocenters. The number of pyridine rings is 1. The first-order valence-electron chi connectivity index (χ1n) is 8.67. The minimum absolute atomic E-state index is 0.0362. The Hall–Kier alpha value is -2.39. The van der Waals surface area contributed by atoms with Crippen LogP contribution in [-0.4, -0.2) is 16.4 Å². The molecule has 3 nitrogen and oxygen atoms in total. The van der Waals surface area contributed by atoms with Gasteiger partial charge in [-0.05, 0) is 47.1 Å². The SMILES string of the molecule is CCc1cc2ccc(CN3CCc4ccccc4C3)cc2[nH]c1=O. The highest BCUT2D eigenvalue weighted by Gasteiger charge is 2.15. The van der Waals surface area contributed by atoms with Gasteiger partial charge in [-0.3, -0.25) is 9.69 Å². The van der Waals surface area contributed by atoms with E-state index in [1.165, 1.54) is 16.7 Å². The van der Waals surface area contributed by atoms with Gasteiger partial charge in [0.15, 0.2) is 0 Å². The van der Waals surface area contributed by atoms with E-state index >= 15 is 0 Å². The van der Waals surface area contributed by atoms with Gasteiger partial charge in [0.25, 0.3) is 5.56 Å². The average Bonchev–Trinajstić information content (AvgIpc) is 2.61. The predicted molar refractivity (Wildman–Crippen MR) is 98.2 cm³/mol. The van der Waals surface area contributed by atoms with E-state index in [4.69, 9.17) is 0 Å². The summed E-state index contributed by atoms with van der Waals surface area (Å²) in [6.07, 6.45) is 1.88. The summed E-state index contributed by atoms with van der Waals surface area (Å²) in [4.78, 5) is 17.5. The van der Waals surface area contributed by atoms with Crippen molar-refractivity contribution in [3.05, 3.63) is 81.1 Å². The van der Waals surface area contributed by atoms with Crippen molar-refractivity contribution in [1.82, 2.24) is 9.88 Å². The molecule has 0 aliphatic carbocycles. The standard InChI is InChI=1S/C21H22N2O/c1-2-16-12-18-8-7-15(11-20(18)22-21(16)24)13-23-10-9-17-5-3-4-6-19(17)14-23/h3-8,11-12H,2,9-10,13-14H2,1H3,(H,22,24). The molecule has 0 radical (unpaired) electrons. The highest BCUT2D eigenvalue weighted by Crippen LogP contribution is 2.21. The van der Waals surface area contributed by atoms with Gasteiger partial charge in [-0.25, -0.2) is 0 Å². The van der Waals surface area contributed by atoms with E-state index in [2.05, 4.69) is 52.3 Å². The van der Waals surface area contributed by atoms with E-state index in [0.29, 0.717) is 0 Å². The molecule has 2 aromatic carbocycles. The van der Waals surface area contributed by atoms with Crippen molar-refractivity contribution in [2.45, 2.75) is 32.9 Å². The predicted octanol–water partition coefficient (Wildman–Crippen LogP) is 3.65. The Morgan fingerprint density at radius 1 is 1.08 bits per heavy atom. The van der Waals surface area contributed by atoms with Crippen LogP contribution >= 0.6 is 0 Å². The van der Waals surface area contributed by atoms with E-state index in [1.54, 1.807) is 0 Å². The molecule has 1 aliphatic heterocycles. The Morgan fingerprint density at radius 3 is 2.75 bits per heavy atom. The first kappa shape index (κ1) is 15.2. The second-order valence-electron chi connectivity index (χ2n) is 6.63. The molecule has 122 valence electrons. The van der Waals surface area contributed by atoms with Crippen molar-refractivity contribution in [1.29, 1.82) is 0 Å². The van der Waals surface area contributed by atoms with Crippen LogP contribution in [0.3, 0.4) is 0 Å². The smallest absolute Gasteiger partial charge is 0.251 e. The normalized spacial score (nSPS) is 14.7. The zero-order chi connectivity index (χ0) is 16.5. The molecule has 0 atom stereocenters. The number of rotatable bonds is 3. The van der Waals surface area contributed by atoms with Crippen LogP contribution < -0.4 is 5.56 Å². The third kappa shape index (κ3) is 2.87. The molecular weight excluding hydrogens is 296 g/mol. The van der Waals surface area contributed by atoms with Crippen LogP contribution in [0, 0.1) is 0 Å². The third-order valence-corrected chi connectivity index (χ3v) is 4.98. The molecule has 3 heteroatoms. The van der Waals surface area contributed by atoms with Crippen LogP contribution in [0.4, 0.5) is 0 Å². The van der Waals surface area contributed by atoms with E-state index in [0.717, 1.165) is 48.9 Å². The molecule has 0 spiro atoms. The van der Waals surface area contributed by atoms with Crippen molar-refractivity contribution in [2.24, 2.45) is 0 Å². The summed E-state index contributed by atoms with van der Waals surface area (Å²) in [5.41, 5.74) is 5.99. The molecule has 1 N–H and O–H groups in total. The molecule has 0 fully saturated rings. The lowest BCUT2D eigenvalue weighted by Gasteiger charge is -2.28. The van der Waals surface area contributed by atoms with E-state index in [1.807, 2.05) is 13.0 Å². The molecular formula is C21H22N2O. The Bertz CT molecular complexity index is 942. The lowest BCUT2D eigenvalue weighted by Crippen LogP contribution is -2.29. The van der Waals surface area contributed by atoms with Gasteiger partial charge in [-0.1, -0.05) is 43.3 Å². The number of aromatic nitrogens is 1. The maximum Gasteiger partial charge on any atom is 0.251 e. The average molecular weight is 318 g/mol. The van der Waals surface area contributed by atoms with Gasteiger partial charge < -0.3 is 4.98 Å². The fraction of sp³-hybridized carbons (Fsp3) is 0.286. The number of fused-ring (bicyclic) bond motifs is 2. The van der Waals surface area contributed by atoms with Gasteiger partial charge in [-0.15, -0.1) is 0 Å². The highest BCUT2D eigenvalue weighted by molar-refractivity contribution is 5.79.